The summed E-state index contributed by atoms with van der Waals surface area (Å²) in [6.45, 7) is 0. The van der Waals surface area contributed by atoms with Gasteiger partial charge in [0.25, 0.3) is 0 Å². The van der Waals surface area contributed by atoms with Crippen LogP contribution in [-0.2, 0) is 0 Å². The second-order valence-corrected chi connectivity index (χ2v) is 6.12. The van der Waals surface area contributed by atoms with Crippen molar-refractivity contribution in [2.75, 3.05) is 5.73 Å². The number of nitrogens with two attached hydrogens (primary N) is 1. The molecule has 2 aromatic rings. The Morgan fingerprint density at radius 3 is 2.40 bits per heavy atom. The van der Waals surface area contributed by atoms with Crippen LogP contribution in [0.5, 0.6) is 0 Å². The van der Waals surface area contributed by atoms with Crippen LogP contribution >= 0.6 is 15.9 Å². The third-order valence-electron chi connectivity index (χ3n) is 3.91. The fourth-order valence-corrected chi connectivity index (χ4v) is 3.22. The van der Waals surface area contributed by atoms with E-state index in [-0.39, 0.29) is 0 Å². The normalized spacial score (nSPS) is 16.2. The van der Waals surface area contributed by atoms with E-state index in [4.69, 9.17) is 10.7 Å². The number of nitrogen functional groups attached to an aromatic ring is 1. The molecule has 1 saturated carbocycles. The first-order valence-corrected chi connectivity index (χ1v) is 7.93. The van der Waals surface area contributed by atoms with Gasteiger partial charge in [0.2, 0.25) is 0 Å². The maximum atomic E-state index is 6.07. The van der Waals surface area contributed by atoms with Crippen molar-refractivity contribution in [1.29, 1.82) is 0 Å². The Labute approximate surface area is 127 Å². The summed E-state index contributed by atoms with van der Waals surface area (Å²) in [6.07, 6.45) is 6.22. The van der Waals surface area contributed by atoms with Gasteiger partial charge in [0, 0.05) is 11.5 Å². The smallest absolute Gasteiger partial charge is 0.142 e. The molecule has 1 heterocycles. The number of halogens is 1. The Morgan fingerprint density at radius 1 is 1.00 bits per heavy atom. The third kappa shape index (κ3) is 2.70. The average molecular weight is 332 g/mol. The predicted octanol–water partition coefficient (Wildman–Crippen LogP) is 4.54. The van der Waals surface area contributed by atoms with Crippen LogP contribution in [0.25, 0.3) is 11.3 Å². The lowest BCUT2D eigenvalue weighted by Gasteiger charge is -2.21. The van der Waals surface area contributed by atoms with Crippen LogP contribution in [0.3, 0.4) is 0 Å². The molecule has 3 rings (SSSR count). The van der Waals surface area contributed by atoms with E-state index in [9.17, 15) is 0 Å². The molecule has 0 atom stereocenters. The van der Waals surface area contributed by atoms with E-state index in [1.165, 1.54) is 32.1 Å². The topological polar surface area (TPSA) is 51.8 Å². The van der Waals surface area contributed by atoms with Crippen molar-refractivity contribution in [2.24, 2.45) is 0 Å². The second-order valence-electron chi connectivity index (χ2n) is 5.33. The quantitative estimate of drug-likeness (QED) is 0.879. The highest BCUT2D eigenvalue weighted by Crippen LogP contribution is 2.35. The van der Waals surface area contributed by atoms with Crippen molar-refractivity contribution >= 4 is 21.7 Å². The average Bonchev–Trinajstić information content (AvgIpc) is 2.51. The van der Waals surface area contributed by atoms with Gasteiger partial charge in [-0.1, -0.05) is 49.6 Å². The van der Waals surface area contributed by atoms with Crippen LogP contribution in [0.4, 0.5) is 5.82 Å². The minimum absolute atomic E-state index is 0.460. The molecular formula is C16H18BrN3. The Hall–Kier alpha value is -1.42. The molecule has 3 nitrogen and oxygen atoms in total. The summed E-state index contributed by atoms with van der Waals surface area (Å²) in [5, 5.41) is 0. The summed E-state index contributed by atoms with van der Waals surface area (Å²) in [5.41, 5.74) is 8.04. The number of hydrogen-bond donors (Lipinski definition) is 1. The monoisotopic (exact) mass is 331 g/mol. The largest absolute Gasteiger partial charge is 0.383 e. The van der Waals surface area contributed by atoms with Crippen molar-refractivity contribution in [3.05, 3.63) is 40.6 Å². The van der Waals surface area contributed by atoms with E-state index in [0.717, 1.165) is 21.6 Å². The van der Waals surface area contributed by atoms with Crippen LogP contribution < -0.4 is 5.73 Å². The standard InChI is InChI=1S/C16H18BrN3/c17-13-14(11-7-3-1-4-8-11)19-16(20-15(13)18)12-9-5-2-6-10-12/h1,3-4,7-8,12H,2,5-6,9-10H2,(H2,18,19,20). The molecule has 2 N–H and O–H groups in total. The Bertz CT molecular complexity index is 592. The first kappa shape index (κ1) is 13.6. The molecule has 0 aliphatic heterocycles. The summed E-state index contributed by atoms with van der Waals surface area (Å²) in [4.78, 5) is 9.29. The predicted molar refractivity (Wildman–Crippen MR) is 85.4 cm³/mol. The molecule has 1 fully saturated rings. The summed E-state index contributed by atoms with van der Waals surface area (Å²) in [6, 6.07) is 10.1. The number of nitrogens with zero attached hydrogens (tertiary/aromatic N) is 2. The molecule has 4 heteroatoms. The van der Waals surface area contributed by atoms with Gasteiger partial charge in [0.05, 0.1) is 10.2 Å². The van der Waals surface area contributed by atoms with Gasteiger partial charge in [-0.2, -0.15) is 0 Å². The van der Waals surface area contributed by atoms with Gasteiger partial charge in [-0.05, 0) is 28.8 Å². The first-order chi connectivity index (χ1) is 9.75. The fraction of sp³-hybridized carbons (Fsp3) is 0.375. The van der Waals surface area contributed by atoms with Gasteiger partial charge in [-0.25, -0.2) is 9.97 Å². The van der Waals surface area contributed by atoms with Gasteiger partial charge in [-0.15, -0.1) is 0 Å². The Morgan fingerprint density at radius 2 is 1.70 bits per heavy atom. The number of hydrogen-bond acceptors (Lipinski definition) is 3. The van der Waals surface area contributed by atoms with Crippen molar-refractivity contribution in [3.63, 3.8) is 0 Å². The summed E-state index contributed by atoms with van der Waals surface area (Å²) >= 11 is 3.53. The molecule has 0 radical (unpaired) electrons. The van der Waals surface area contributed by atoms with Crippen molar-refractivity contribution in [1.82, 2.24) is 9.97 Å². The lowest BCUT2D eigenvalue weighted by molar-refractivity contribution is 0.429. The molecule has 1 aromatic carbocycles. The molecular weight excluding hydrogens is 314 g/mol. The fourth-order valence-electron chi connectivity index (χ4n) is 2.81. The van der Waals surface area contributed by atoms with Crippen molar-refractivity contribution < 1.29 is 0 Å². The van der Waals surface area contributed by atoms with E-state index < -0.39 is 0 Å². The molecule has 104 valence electrons. The zero-order valence-corrected chi connectivity index (χ0v) is 12.9. The first-order valence-electron chi connectivity index (χ1n) is 7.14. The van der Waals surface area contributed by atoms with Gasteiger partial charge in [-0.3, -0.25) is 0 Å². The lowest BCUT2D eigenvalue weighted by atomic mass is 9.88. The highest BCUT2D eigenvalue weighted by molar-refractivity contribution is 9.10. The number of rotatable bonds is 2. The highest BCUT2D eigenvalue weighted by atomic mass is 79.9. The van der Waals surface area contributed by atoms with Gasteiger partial charge in [0.15, 0.2) is 0 Å². The van der Waals surface area contributed by atoms with Gasteiger partial charge < -0.3 is 5.73 Å². The van der Waals surface area contributed by atoms with Crippen LogP contribution in [0.2, 0.25) is 0 Å². The van der Waals surface area contributed by atoms with Gasteiger partial charge in [0.1, 0.15) is 11.6 Å². The zero-order valence-electron chi connectivity index (χ0n) is 11.3. The SMILES string of the molecule is Nc1nc(C2CCCCC2)nc(-c2ccccc2)c1Br. The summed E-state index contributed by atoms with van der Waals surface area (Å²) < 4.78 is 0.795. The van der Waals surface area contributed by atoms with E-state index in [1.807, 2.05) is 18.2 Å². The second kappa shape index (κ2) is 5.92. The summed E-state index contributed by atoms with van der Waals surface area (Å²) in [5.74, 6) is 1.91. The zero-order chi connectivity index (χ0) is 13.9. The van der Waals surface area contributed by atoms with Crippen molar-refractivity contribution in [2.45, 2.75) is 38.0 Å². The maximum absolute atomic E-state index is 6.07. The number of benzene rings is 1. The molecule has 0 unspecified atom stereocenters. The molecule has 1 aromatic heterocycles. The molecule has 0 bridgehead atoms. The number of aromatic nitrogens is 2. The molecule has 0 spiro atoms. The Balaban J connectivity index is 2.03. The number of anilines is 1. The van der Waals surface area contributed by atoms with Crippen LogP contribution in [-0.4, -0.2) is 9.97 Å². The van der Waals surface area contributed by atoms with Crippen LogP contribution in [0.1, 0.15) is 43.8 Å². The van der Waals surface area contributed by atoms with E-state index in [0.29, 0.717) is 11.7 Å². The Kier molecular flexibility index (Phi) is 4.01. The van der Waals surface area contributed by atoms with E-state index >= 15 is 0 Å². The molecule has 0 saturated heterocycles. The summed E-state index contributed by atoms with van der Waals surface area (Å²) in [7, 11) is 0. The molecule has 1 aliphatic carbocycles. The third-order valence-corrected chi connectivity index (χ3v) is 4.69. The highest BCUT2D eigenvalue weighted by Gasteiger charge is 2.21. The molecule has 20 heavy (non-hydrogen) atoms. The minimum Gasteiger partial charge on any atom is -0.383 e. The lowest BCUT2D eigenvalue weighted by Crippen LogP contribution is -2.11. The maximum Gasteiger partial charge on any atom is 0.142 e. The van der Waals surface area contributed by atoms with E-state index in [2.05, 4.69) is 33.0 Å². The molecule has 1 aliphatic rings. The molecule has 0 amide bonds. The van der Waals surface area contributed by atoms with E-state index in [1.54, 1.807) is 0 Å². The minimum atomic E-state index is 0.460. The van der Waals surface area contributed by atoms with Crippen LogP contribution in [0.15, 0.2) is 34.8 Å². The van der Waals surface area contributed by atoms with Gasteiger partial charge >= 0.3 is 0 Å². The van der Waals surface area contributed by atoms with Crippen molar-refractivity contribution in [3.8, 4) is 11.3 Å². The van der Waals surface area contributed by atoms with Crippen LogP contribution in [0, 0.1) is 0 Å².